The molecule has 0 aliphatic rings. The first-order valence-electron chi connectivity index (χ1n) is 5.87. The fraction of sp³-hybridized carbons (Fsp3) is 0.538. The fourth-order valence-corrected chi connectivity index (χ4v) is 1.55. The zero-order chi connectivity index (χ0) is 12.7. The highest BCUT2D eigenvalue weighted by molar-refractivity contribution is 5.21. The molecule has 4 heteroatoms. The van der Waals surface area contributed by atoms with E-state index in [4.69, 9.17) is 9.84 Å². The van der Waals surface area contributed by atoms with Crippen LogP contribution in [0.4, 0.5) is 4.39 Å². The van der Waals surface area contributed by atoms with Crippen molar-refractivity contribution in [1.82, 2.24) is 5.32 Å². The minimum absolute atomic E-state index is 0.0375. The van der Waals surface area contributed by atoms with E-state index in [0.29, 0.717) is 24.8 Å². The van der Waals surface area contributed by atoms with Gasteiger partial charge in [0.2, 0.25) is 0 Å². The Balaban J connectivity index is 2.28. The Kier molecular flexibility index (Phi) is 5.94. The molecule has 0 spiro atoms. The van der Waals surface area contributed by atoms with Gasteiger partial charge in [-0.2, -0.15) is 0 Å². The molecule has 0 aromatic heterocycles. The normalized spacial score (nSPS) is 12.8. The quantitative estimate of drug-likeness (QED) is 0.766. The zero-order valence-corrected chi connectivity index (χ0v) is 10.3. The molecule has 1 atom stereocenters. The summed E-state index contributed by atoms with van der Waals surface area (Å²) in [5.74, 6) is 0.375. The molecule has 96 valence electrons. The van der Waals surface area contributed by atoms with Crippen LogP contribution >= 0.6 is 0 Å². The van der Waals surface area contributed by atoms with E-state index in [2.05, 4.69) is 5.32 Å². The molecule has 1 aromatic rings. The highest BCUT2D eigenvalue weighted by Gasteiger charge is 2.08. The minimum atomic E-state index is -0.271. The van der Waals surface area contributed by atoms with Crippen molar-refractivity contribution in [3.63, 3.8) is 0 Å². The topological polar surface area (TPSA) is 41.5 Å². The summed E-state index contributed by atoms with van der Waals surface area (Å²) in [5.41, 5.74) is 0. The molecule has 0 heterocycles. The second-order valence-electron chi connectivity index (χ2n) is 4.29. The number of hydrogen-bond donors (Lipinski definition) is 2. The maximum atomic E-state index is 12.6. The maximum Gasteiger partial charge on any atom is 0.123 e. The van der Waals surface area contributed by atoms with Crippen LogP contribution in [0.2, 0.25) is 0 Å². The van der Waals surface area contributed by atoms with Crippen molar-refractivity contribution < 1.29 is 14.2 Å². The average molecular weight is 241 g/mol. The van der Waals surface area contributed by atoms with Gasteiger partial charge in [0.05, 0.1) is 13.2 Å². The predicted octanol–water partition coefficient (Wildman–Crippen LogP) is 1.95. The smallest absolute Gasteiger partial charge is 0.123 e. The van der Waals surface area contributed by atoms with E-state index in [-0.39, 0.29) is 18.5 Å². The first kappa shape index (κ1) is 13.9. The maximum absolute atomic E-state index is 12.6. The number of ether oxygens (including phenoxy) is 1. The van der Waals surface area contributed by atoms with Gasteiger partial charge in [-0.25, -0.2) is 4.39 Å². The van der Waals surface area contributed by atoms with Crippen molar-refractivity contribution in [2.24, 2.45) is 0 Å². The second kappa shape index (κ2) is 7.25. The standard InChI is InChI=1S/C13H20FNO2/c1-10(2)15-12(9-16)7-8-17-13-5-3-11(14)4-6-13/h3-6,10,12,15-16H,7-9H2,1-2H3. The summed E-state index contributed by atoms with van der Waals surface area (Å²) in [4.78, 5) is 0. The summed E-state index contributed by atoms with van der Waals surface area (Å²) in [5, 5.41) is 12.4. The lowest BCUT2D eigenvalue weighted by molar-refractivity contribution is 0.202. The van der Waals surface area contributed by atoms with E-state index in [1.54, 1.807) is 12.1 Å². The van der Waals surface area contributed by atoms with E-state index < -0.39 is 0 Å². The van der Waals surface area contributed by atoms with Crippen LogP contribution in [0.3, 0.4) is 0 Å². The first-order valence-corrected chi connectivity index (χ1v) is 5.87. The fourth-order valence-electron chi connectivity index (χ4n) is 1.55. The highest BCUT2D eigenvalue weighted by Crippen LogP contribution is 2.11. The van der Waals surface area contributed by atoms with Gasteiger partial charge in [0.25, 0.3) is 0 Å². The Morgan fingerprint density at radius 1 is 1.29 bits per heavy atom. The first-order chi connectivity index (χ1) is 8.11. The number of nitrogens with one attached hydrogen (secondary N) is 1. The van der Waals surface area contributed by atoms with E-state index in [9.17, 15) is 4.39 Å². The second-order valence-corrected chi connectivity index (χ2v) is 4.29. The Hall–Kier alpha value is -1.13. The molecular formula is C13H20FNO2. The van der Waals surface area contributed by atoms with Crippen molar-refractivity contribution in [3.8, 4) is 5.75 Å². The lowest BCUT2D eigenvalue weighted by atomic mass is 10.2. The van der Waals surface area contributed by atoms with Crippen LogP contribution in [-0.2, 0) is 0 Å². The summed E-state index contributed by atoms with van der Waals surface area (Å²) in [7, 11) is 0. The van der Waals surface area contributed by atoms with Gasteiger partial charge in [-0.15, -0.1) is 0 Å². The van der Waals surface area contributed by atoms with Gasteiger partial charge in [0.1, 0.15) is 11.6 Å². The Morgan fingerprint density at radius 2 is 1.94 bits per heavy atom. The highest BCUT2D eigenvalue weighted by atomic mass is 19.1. The van der Waals surface area contributed by atoms with Crippen molar-refractivity contribution in [2.45, 2.75) is 32.4 Å². The van der Waals surface area contributed by atoms with Gasteiger partial charge in [-0.3, -0.25) is 0 Å². The Labute approximate surface area is 102 Å². The molecule has 2 N–H and O–H groups in total. The number of aliphatic hydroxyl groups excluding tert-OH is 1. The molecule has 0 radical (unpaired) electrons. The molecule has 0 fully saturated rings. The summed E-state index contributed by atoms with van der Waals surface area (Å²) in [6.45, 7) is 4.65. The number of hydrogen-bond acceptors (Lipinski definition) is 3. The van der Waals surface area contributed by atoms with Gasteiger partial charge in [-0.1, -0.05) is 13.8 Å². The van der Waals surface area contributed by atoms with Crippen LogP contribution in [0.15, 0.2) is 24.3 Å². The van der Waals surface area contributed by atoms with Crippen LogP contribution in [0.1, 0.15) is 20.3 Å². The zero-order valence-electron chi connectivity index (χ0n) is 10.3. The molecule has 1 rings (SSSR count). The van der Waals surface area contributed by atoms with Gasteiger partial charge in [0.15, 0.2) is 0 Å². The van der Waals surface area contributed by atoms with Gasteiger partial charge in [-0.05, 0) is 30.7 Å². The van der Waals surface area contributed by atoms with Crippen LogP contribution in [0.25, 0.3) is 0 Å². The summed E-state index contributed by atoms with van der Waals surface area (Å²) >= 11 is 0. The van der Waals surface area contributed by atoms with Crippen LogP contribution < -0.4 is 10.1 Å². The summed E-state index contributed by atoms with van der Waals surface area (Å²) in [6.07, 6.45) is 0.714. The number of aliphatic hydroxyl groups is 1. The molecule has 1 aromatic carbocycles. The molecule has 1 unspecified atom stereocenters. The van der Waals surface area contributed by atoms with Gasteiger partial charge >= 0.3 is 0 Å². The lowest BCUT2D eigenvalue weighted by Crippen LogP contribution is -2.38. The van der Waals surface area contributed by atoms with Crippen LogP contribution in [0, 0.1) is 5.82 Å². The number of halogens is 1. The summed E-state index contributed by atoms with van der Waals surface area (Å²) < 4.78 is 18.1. The average Bonchev–Trinajstić information content (AvgIpc) is 2.30. The minimum Gasteiger partial charge on any atom is -0.494 e. The molecular weight excluding hydrogens is 221 g/mol. The molecule has 0 saturated carbocycles. The largest absolute Gasteiger partial charge is 0.494 e. The molecule has 0 saturated heterocycles. The molecule has 17 heavy (non-hydrogen) atoms. The van der Waals surface area contributed by atoms with E-state index in [0.717, 1.165) is 0 Å². The summed E-state index contributed by atoms with van der Waals surface area (Å²) in [6, 6.07) is 6.29. The molecule has 0 aliphatic carbocycles. The van der Waals surface area contributed by atoms with Crippen LogP contribution in [-0.4, -0.2) is 30.4 Å². The van der Waals surface area contributed by atoms with Crippen LogP contribution in [0.5, 0.6) is 5.75 Å². The third-order valence-corrected chi connectivity index (χ3v) is 2.34. The Morgan fingerprint density at radius 3 is 2.47 bits per heavy atom. The monoisotopic (exact) mass is 241 g/mol. The Bertz CT molecular complexity index is 314. The van der Waals surface area contributed by atoms with Gasteiger partial charge in [0, 0.05) is 12.1 Å². The van der Waals surface area contributed by atoms with Crippen molar-refractivity contribution in [2.75, 3.05) is 13.2 Å². The van der Waals surface area contributed by atoms with E-state index in [1.165, 1.54) is 12.1 Å². The van der Waals surface area contributed by atoms with E-state index >= 15 is 0 Å². The third kappa shape index (κ3) is 5.65. The van der Waals surface area contributed by atoms with Crippen molar-refractivity contribution >= 4 is 0 Å². The number of rotatable bonds is 7. The van der Waals surface area contributed by atoms with Crippen molar-refractivity contribution in [1.29, 1.82) is 0 Å². The molecule has 0 amide bonds. The molecule has 0 bridgehead atoms. The third-order valence-electron chi connectivity index (χ3n) is 2.34. The SMILES string of the molecule is CC(C)NC(CO)CCOc1ccc(F)cc1. The van der Waals surface area contributed by atoms with E-state index in [1.807, 2.05) is 13.8 Å². The number of benzene rings is 1. The van der Waals surface area contributed by atoms with Crippen molar-refractivity contribution in [3.05, 3.63) is 30.1 Å². The molecule has 0 aliphatic heterocycles. The van der Waals surface area contributed by atoms with Gasteiger partial charge < -0.3 is 15.2 Å². The predicted molar refractivity (Wildman–Crippen MR) is 65.7 cm³/mol. The molecule has 3 nitrogen and oxygen atoms in total. The lowest BCUT2D eigenvalue weighted by Gasteiger charge is -2.19.